The summed E-state index contributed by atoms with van der Waals surface area (Å²) in [6.07, 6.45) is 0. The third-order valence-electron chi connectivity index (χ3n) is 3.62. The minimum Gasteiger partial charge on any atom is -0.493 e. The van der Waals surface area contributed by atoms with Crippen LogP contribution in [-0.2, 0) is 6.61 Å². The summed E-state index contributed by atoms with van der Waals surface area (Å²) in [5.74, 6) is 1.26. The van der Waals surface area contributed by atoms with Crippen molar-refractivity contribution < 1.29 is 14.3 Å². The van der Waals surface area contributed by atoms with Gasteiger partial charge in [0.1, 0.15) is 6.61 Å². The molecule has 4 nitrogen and oxygen atoms in total. The first-order valence-electron chi connectivity index (χ1n) is 7.87. The number of methoxy groups -OCH3 is 1. The van der Waals surface area contributed by atoms with Crippen LogP contribution in [0.4, 0.5) is 5.69 Å². The van der Waals surface area contributed by atoms with Crippen molar-refractivity contribution in [1.82, 2.24) is 0 Å². The highest BCUT2D eigenvalue weighted by Gasteiger charge is 2.11. The Bertz CT molecular complexity index is 873. The van der Waals surface area contributed by atoms with E-state index >= 15 is 0 Å². The maximum Gasteiger partial charge on any atom is 0.265 e. The van der Waals surface area contributed by atoms with Crippen molar-refractivity contribution in [2.75, 3.05) is 12.4 Å². The molecule has 1 heterocycles. The Hall–Kier alpha value is -2.79. The van der Waals surface area contributed by atoms with E-state index in [9.17, 15) is 4.79 Å². The molecule has 0 aliphatic heterocycles. The van der Waals surface area contributed by atoms with Gasteiger partial charge in [-0.2, -0.15) is 0 Å². The van der Waals surface area contributed by atoms with Crippen LogP contribution in [0, 0.1) is 6.92 Å². The van der Waals surface area contributed by atoms with Gasteiger partial charge in [0.15, 0.2) is 11.5 Å². The second-order valence-electron chi connectivity index (χ2n) is 5.58. The molecule has 25 heavy (non-hydrogen) atoms. The first-order chi connectivity index (χ1) is 12.2. The molecule has 5 heteroatoms. The lowest BCUT2D eigenvalue weighted by Crippen LogP contribution is -2.10. The average molecular weight is 353 g/mol. The lowest BCUT2D eigenvalue weighted by molar-refractivity contribution is 0.103. The van der Waals surface area contributed by atoms with Crippen LogP contribution >= 0.6 is 11.3 Å². The molecule has 2 aromatic carbocycles. The van der Waals surface area contributed by atoms with E-state index in [-0.39, 0.29) is 5.91 Å². The smallest absolute Gasteiger partial charge is 0.265 e. The SMILES string of the molecule is COc1ccccc1OCc1csc(C(=O)Nc2cccc(C)c2)c1. The Labute approximate surface area is 151 Å². The normalized spacial score (nSPS) is 10.3. The van der Waals surface area contributed by atoms with Gasteiger partial charge in [-0.25, -0.2) is 0 Å². The van der Waals surface area contributed by atoms with Gasteiger partial charge >= 0.3 is 0 Å². The van der Waals surface area contributed by atoms with Crippen LogP contribution in [0.1, 0.15) is 20.8 Å². The Morgan fingerprint density at radius 3 is 2.64 bits per heavy atom. The van der Waals surface area contributed by atoms with Crippen molar-refractivity contribution in [3.8, 4) is 11.5 Å². The minimum atomic E-state index is -0.112. The predicted octanol–water partition coefficient (Wildman–Crippen LogP) is 4.90. The van der Waals surface area contributed by atoms with Gasteiger partial charge in [-0.15, -0.1) is 11.3 Å². The summed E-state index contributed by atoms with van der Waals surface area (Å²) < 4.78 is 11.1. The van der Waals surface area contributed by atoms with E-state index in [1.807, 2.05) is 66.9 Å². The molecule has 3 rings (SSSR count). The molecule has 0 saturated carbocycles. The van der Waals surface area contributed by atoms with E-state index in [0.717, 1.165) is 16.8 Å². The van der Waals surface area contributed by atoms with Crippen molar-refractivity contribution in [2.24, 2.45) is 0 Å². The number of benzene rings is 2. The summed E-state index contributed by atoms with van der Waals surface area (Å²) in [6, 6.07) is 17.1. The first kappa shape index (κ1) is 17.0. The largest absolute Gasteiger partial charge is 0.493 e. The second kappa shape index (κ2) is 7.85. The molecule has 0 aliphatic rings. The number of amides is 1. The van der Waals surface area contributed by atoms with E-state index < -0.39 is 0 Å². The summed E-state index contributed by atoms with van der Waals surface area (Å²) >= 11 is 1.40. The fourth-order valence-electron chi connectivity index (χ4n) is 2.38. The third kappa shape index (κ3) is 4.39. The van der Waals surface area contributed by atoms with E-state index in [2.05, 4.69) is 5.32 Å². The van der Waals surface area contributed by atoms with Crippen LogP contribution in [0.25, 0.3) is 0 Å². The van der Waals surface area contributed by atoms with Gasteiger partial charge in [0.25, 0.3) is 5.91 Å². The fraction of sp³-hybridized carbons (Fsp3) is 0.150. The molecule has 1 amide bonds. The molecule has 0 radical (unpaired) electrons. The van der Waals surface area contributed by atoms with Crippen LogP contribution in [0.2, 0.25) is 0 Å². The van der Waals surface area contributed by atoms with Gasteiger partial charge < -0.3 is 14.8 Å². The number of aryl methyl sites for hydroxylation is 1. The molecule has 0 atom stereocenters. The number of nitrogens with one attached hydrogen (secondary N) is 1. The topological polar surface area (TPSA) is 47.6 Å². The third-order valence-corrected chi connectivity index (χ3v) is 4.59. The zero-order valence-corrected chi connectivity index (χ0v) is 14.9. The molecule has 0 fully saturated rings. The fourth-order valence-corrected chi connectivity index (χ4v) is 3.18. The number of carbonyl (C=O) groups excluding carboxylic acids is 1. The zero-order chi connectivity index (χ0) is 17.6. The maximum absolute atomic E-state index is 12.4. The Kier molecular flexibility index (Phi) is 5.36. The van der Waals surface area contributed by atoms with Crippen LogP contribution in [0.5, 0.6) is 11.5 Å². The van der Waals surface area contributed by atoms with Crippen LogP contribution in [0.15, 0.2) is 60.0 Å². The predicted molar refractivity (Wildman–Crippen MR) is 101 cm³/mol. The summed E-state index contributed by atoms with van der Waals surface area (Å²) in [5, 5.41) is 4.85. The number of para-hydroxylation sites is 2. The van der Waals surface area contributed by atoms with Gasteiger partial charge in [0.05, 0.1) is 12.0 Å². The lowest BCUT2D eigenvalue weighted by Gasteiger charge is -2.09. The number of carbonyl (C=O) groups is 1. The summed E-state index contributed by atoms with van der Waals surface area (Å²) in [6.45, 7) is 2.38. The van der Waals surface area contributed by atoms with Crippen molar-refractivity contribution in [1.29, 1.82) is 0 Å². The molecule has 0 spiro atoms. The van der Waals surface area contributed by atoms with Crippen molar-refractivity contribution >= 4 is 22.9 Å². The van der Waals surface area contributed by atoms with Gasteiger partial charge in [0.2, 0.25) is 0 Å². The summed E-state index contributed by atoms with van der Waals surface area (Å²) in [4.78, 5) is 13.0. The number of hydrogen-bond donors (Lipinski definition) is 1. The van der Waals surface area contributed by atoms with Crippen molar-refractivity contribution in [3.05, 3.63) is 76.0 Å². The van der Waals surface area contributed by atoms with Gasteiger partial charge in [-0.3, -0.25) is 4.79 Å². The number of rotatable bonds is 6. The van der Waals surface area contributed by atoms with E-state index in [4.69, 9.17) is 9.47 Å². The molecule has 3 aromatic rings. The highest BCUT2D eigenvalue weighted by Crippen LogP contribution is 2.27. The number of ether oxygens (including phenoxy) is 2. The molecule has 1 N–H and O–H groups in total. The monoisotopic (exact) mass is 353 g/mol. The number of hydrogen-bond acceptors (Lipinski definition) is 4. The highest BCUT2D eigenvalue weighted by atomic mass is 32.1. The quantitative estimate of drug-likeness (QED) is 0.686. The standard InChI is InChI=1S/C20H19NO3S/c1-14-6-5-7-16(10-14)21-20(22)19-11-15(13-25-19)12-24-18-9-4-3-8-17(18)23-2/h3-11,13H,12H2,1-2H3,(H,21,22). The average Bonchev–Trinajstić information content (AvgIpc) is 3.09. The maximum atomic E-state index is 12.4. The molecular weight excluding hydrogens is 334 g/mol. The minimum absolute atomic E-state index is 0.112. The first-order valence-corrected chi connectivity index (χ1v) is 8.75. The van der Waals surface area contributed by atoms with Crippen molar-refractivity contribution in [3.63, 3.8) is 0 Å². The Morgan fingerprint density at radius 1 is 1.08 bits per heavy atom. The van der Waals surface area contributed by atoms with Gasteiger partial charge in [-0.05, 0) is 48.2 Å². The van der Waals surface area contributed by atoms with Crippen molar-refractivity contribution in [2.45, 2.75) is 13.5 Å². The molecule has 0 unspecified atom stereocenters. The van der Waals surface area contributed by atoms with Crippen LogP contribution in [-0.4, -0.2) is 13.0 Å². The molecule has 0 saturated heterocycles. The zero-order valence-electron chi connectivity index (χ0n) is 14.1. The summed E-state index contributed by atoms with van der Waals surface area (Å²) in [7, 11) is 1.61. The van der Waals surface area contributed by atoms with E-state index in [0.29, 0.717) is 23.0 Å². The summed E-state index contributed by atoms with van der Waals surface area (Å²) in [5.41, 5.74) is 2.85. The molecular formula is C20H19NO3S. The number of anilines is 1. The Balaban J connectivity index is 1.63. The lowest BCUT2D eigenvalue weighted by atomic mass is 10.2. The van der Waals surface area contributed by atoms with E-state index in [1.54, 1.807) is 7.11 Å². The second-order valence-corrected chi connectivity index (χ2v) is 6.49. The number of thiophene rings is 1. The van der Waals surface area contributed by atoms with Gasteiger partial charge in [0, 0.05) is 11.3 Å². The van der Waals surface area contributed by atoms with Crippen LogP contribution < -0.4 is 14.8 Å². The molecule has 128 valence electrons. The highest BCUT2D eigenvalue weighted by molar-refractivity contribution is 7.12. The molecule has 1 aromatic heterocycles. The molecule has 0 aliphatic carbocycles. The van der Waals surface area contributed by atoms with Crippen LogP contribution in [0.3, 0.4) is 0 Å². The van der Waals surface area contributed by atoms with E-state index in [1.165, 1.54) is 11.3 Å². The van der Waals surface area contributed by atoms with Gasteiger partial charge in [-0.1, -0.05) is 24.3 Å². The molecule has 0 bridgehead atoms. The Morgan fingerprint density at radius 2 is 1.88 bits per heavy atom.